The van der Waals surface area contributed by atoms with Gasteiger partial charge in [-0.15, -0.1) is 17.9 Å². The number of aliphatic hydroxyl groups is 2. The SMILES string of the molecule is C=CCN=c1scc(-c2ccccc2)n1[C@@H](CO)[C@@H](O)c1ccc([N+](=O)[O-])cc1. The number of aromatic nitrogens is 1. The van der Waals surface area contributed by atoms with Gasteiger partial charge in [-0.25, -0.2) is 0 Å². The van der Waals surface area contributed by atoms with Gasteiger partial charge in [-0.1, -0.05) is 36.4 Å². The summed E-state index contributed by atoms with van der Waals surface area (Å²) >= 11 is 1.41. The number of benzene rings is 2. The molecule has 2 aromatic carbocycles. The lowest BCUT2D eigenvalue weighted by Gasteiger charge is -2.25. The van der Waals surface area contributed by atoms with Crippen molar-refractivity contribution in [3.63, 3.8) is 0 Å². The number of rotatable bonds is 8. The monoisotopic (exact) mass is 411 g/mol. The van der Waals surface area contributed by atoms with Gasteiger partial charge in [0.1, 0.15) is 6.10 Å². The number of nitro groups is 1. The van der Waals surface area contributed by atoms with Crippen molar-refractivity contribution in [2.75, 3.05) is 13.2 Å². The Bertz CT molecular complexity index is 1040. The summed E-state index contributed by atoms with van der Waals surface area (Å²) in [5.74, 6) is 0. The van der Waals surface area contributed by atoms with Crippen LogP contribution in [0.5, 0.6) is 0 Å². The van der Waals surface area contributed by atoms with Crippen LogP contribution in [0.3, 0.4) is 0 Å². The van der Waals surface area contributed by atoms with Crippen LogP contribution >= 0.6 is 11.3 Å². The maximum absolute atomic E-state index is 11.0. The molecule has 0 fully saturated rings. The van der Waals surface area contributed by atoms with Crippen LogP contribution in [-0.4, -0.2) is 32.9 Å². The van der Waals surface area contributed by atoms with Gasteiger partial charge < -0.3 is 14.8 Å². The Morgan fingerprint density at radius 1 is 1.21 bits per heavy atom. The zero-order valence-corrected chi connectivity index (χ0v) is 16.4. The molecule has 0 saturated carbocycles. The topological polar surface area (TPSA) is 101 Å². The van der Waals surface area contributed by atoms with Crippen molar-refractivity contribution in [3.8, 4) is 11.3 Å². The fourth-order valence-corrected chi connectivity index (χ4v) is 4.02. The Kier molecular flexibility index (Phi) is 6.71. The Labute approximate surface area is 171 Å². The third-order valence-corrected chi connectivity index (χ3v) is 5.37. The molecule has 29 heavy (non-hydrogen) atoms. The molecular formula is C21H21N3O4S. The smallest absolute Gasteiger partial charge is 0.269 e. The van der Waals surface area contributed by atoms with Gasteiger partial charge in [0.05, 0.1) is 29.8 Å². The van der Waals surface area contributed by atoms with Crippen LogP contribution in [0.2, 0.25) is 0 Å². The van der Waals surface area contributed by atoms with E-state index in [0.29, 0.717) is 16.9 Å². The molecule has 0 aliphatic heterocycles. The highest BCUT2D eigenvalue weighted by molar-refractivity contribution is 7.07. The van der Waals surface area contributed by atoms with Crippen molar-refractivity contribution in [2.24, 2.45) is 4.99 Å². The summed E-state index contributed by atoms with van der Waals surface area (Å²) in [7, 11) is 0. The molecule has 3 rings (SSSR count). The quantitative estimate of drug-likeness (QED) is 0.337. The maximum Gasteiger partial charge on any atom is 0.269 e. The summed E-state index contributed by atoms with van der Waals surface area (Å²) in [6.07, 6.45) is 0.591. The van der Waals surface area contributed by atoms with Crippen molar-refractivity contribution in [1.29, 1.82) is 0 Å². The van der Waals surface area contributed by atoms with Crippen LogP contribution in [0.1, 0.15) is 17.7 Å². The fraction of sp³-hybridized carbons (Fsp3) is 0.190. The molecule has 1 heterocycles. The molecule has 0 radical (unpaired) electrons. The third kappa shape index (κ3) is 4.51. The predicted octanol–water partition coefficient (Wildman–Crippen LogP) is 3.48. The first-order chi connectivity index (χ1) is 14.1. The maximum atomic E-state index is 11.0. The second-order valence-electron chi connectivity index (χ2n) is 6.31. The molecule has 8 heteroatoms. The molecule has 0 unspecified atom stereocenters. The van der Waals surface area contributed by atoms with Gasteiger partial charge in [0.15, 0.2) is 4.80 Å². The van der Waals surface area contributed by atoms with Gasteiger partial charge in [-0.05, 0) is 23.3 Å². The average Bonchev–Trinajstić information content (AvgIpc) is 3.17. The zero-order chi connectivity index (χ0) is 20.8. The Morgan fingerprint density at radius 3 is 2.48 bits per heavy atom. The highest BCUT2D eigenvalue weighted by Gasteiger charge is 2.26. The minimum atomic E-state index is -1.08. The lowest BCUT2D eigenvalue weighted by Crippen LogP contribution is -2.29. The first-order valence-corrected chi connectivity index (χ1v) is 9.85. The van der Waals surface area contributed by atoms with E-state index in [-0.39, 0.29) is 12.3 Å². The number of nitrogens with zero attached hydrogens (tertiary/aromatic N) is 3. The molecule has 0 aliphatic carbocycles. The van der Waals surface area contributed by atoms with E-state index in [2.05, 4.69) is 11.6 Å². The van der Waals surface area contributed by atoms with Crippen LogP contribution in [0.15, 0.2) is 77.6 Å². The van der Waals surface area contributed by atoms with Crippen molar-refractivity contribution in [3.05, 3.63) is 93.1 Å². The Balaban J connectivity index is 2.08. The number of thiazole rings is 1. The first-order valence-electron chi connectivity index (χ1n) is 8.97. The normalized spacial score (nSPS) is 13.8. The Morgan fingerprint density at radius 2 is 1.90 bits per heavy atom. The third-order valence-electron chi connectivity index (χ3n) is 4.50. The summed E-state index contributed by atoms with van der Waals surface area (Å²) in [6.45, 7) is 3.75. The number of aliphatic hydroxyl groups excluding tert-OH is 2. The molecule has 2 atom stereocenters. The molecule has 0 amide bonds. The summed E-state index contributed by atoms with van der Waals surface area (Å²) in [5.41, 5.74) is 2.16. The van der Waals surface area contributed by atoms with E-state index in [4.69, 9.17) is 0 Å². The fourth-order valence-electron chi connectivity index (χ4n) is 3.06. The van der Waals surface area contributed by atoms with Gasteiger partial charge in [0.25, 0.3) is 5.69 Å². The number of nitro benzene ring substituents is 1. The summed E-state index contributed by atoms with van der Waals surface area (Å²) in [6, 6.07) is 14.6. The molecule has 7 nitrogen and oxygen atoms in total. The van der Waals surface area contributed by atoms with Crippen LogP contribution in [0.4, 0.5) is 5.69 Å². The van der Waals surface area contributed by atoms with E-state index in [1.54, 1.807) is 6.08 Å². The van der Waals surface area contributed by atoms with Crippen molar-refractivity contribution < 1.29 is 15.1 Å². The zero-order valence-electron chi connectivity index (χ0n) is 15.6. The lowest BCUT2D eigenvalue weighted by molar-refractivity contribution is -0.384. The van der Waals surface area contributed by atoms with Crippen LogP contribution in [0, 0.1) is 10.1 Å². The van der Waals surface area contributed by atoms with E-state index in [1.165, 1.54) is 35.6 Å². The first kappa shape index (κ1) is 20.7. The average molecular weight is 411 g/mol. The molecule has 0 bridgehead atoms. The number of hydrogen-bond donors (Lipinski definition) is 2. The predicted molar refractivity (Wildman–Crippen MR) is 113 cm³/mol. The second-order valence-corrected chi connectivity index (χ2v) is 7.15. The van der Waals surface area contributed by atoms with Gasteiger partial charge in [0.2, 0.25) is 0 Å². The number of non-ortho nitro benzene ring substituents is 1. The highest BCUT2D eigenvalue weighted by atomic mass is 32.1. The molecule has 2 N–H and O–H groups in total. The number of hydrogen-bond acceptors (Lipinski definition) is 6. The van der Waals surface area contributed by atoms with E-state index >= 15 is 0 Å². The van der Waals surface area contributed by atoms with Crippen LogP contribution in [-0.2, 0) is 0 Å². The highest BCUT2D eigenvalue weighted by Crippen LogP contribution is 2.31. The molecular weight excluding hydrogens is 390 g/mol. The summed E-state index contributed by atoms with van der Waals surface area (Å²) in [4.78, 5) is 15.5. The molecule has 0 saturated heterocycles. The van der Waals surface area contributed by atoms with Gasteiger partial charge in [-0.3, -0.25) is 15.1 Å². The van der Waals surface area contributed by atoms with Crippen molar-refractivity contribution in [2.45, 2.75) is 12.1 Å². The molecule has 150 valence electrons. The van der Waals surface area contributed by atoms with Crippen molar-refractivity contribution >= 4 is 17.0 Å². The minimum absolute atomic E-state index is 0.0590. The Hall–Kier alpha value is -3.07. The molecule has 1 aromatic heterocycles. The largest absolute Gasteiger partial charge is 0.394 e. The standard InChI is InChI=1S/C21H21N3O4S/c1-2-12-22-21-23(19(14-29-21)15-6-4-3-5-7-15)18(13-25)20(26)16-8-10-17(11-9-16)24(27)28/h2-11,14,18,20,25-26H,1,12-13H2/t18-,20-/m0/s1. The van der Waals surface area contributed by atoms with Gasteiger partial charge in [0, 0.05) is 17.5 Å². The van der Waals surface area contributed by atoms with Crippen molar-refractivity contribution in [1.82, 2.24) is 4.57 Å². The van der Waals surface area contributed by atoms with Crippen LogP contribution < -0.4 is 4.80 Å². The van der Waals surface area contributed by atoms with Gasteiger partial charge >= 0.3 is 0 Å². The van der Waals surface area contributed by atoms with E-state index in [9.17, 15) is 20.3 Å². The van der Waals surface area contributed by atoms with Gasteiger partial charge in [-0.2, -0.15) is 0 Å². The van der Waals surface area contributed by atoms with E-state index in [1.807, 2.05) is 40.3 Å². The minimum Gasteiger partial charge on any atom is -0.394 e. The summed E-state index contributed by atoms with van der Waals surface area (Å²) in [5, 5.41) is 34.0. The molecule has 3 aromatic rings. The summed E-state index contributed by atoms with van der Waals surface area (Å²) < 4.78 is 1.82. The molecule has 0 aliphatic rings. The van der Waals surface area contributed by atoms with E-state index in [0.717, 1.165) is 11.3 Å². The lowest BCUT2D eigenvalue weighted by atomic mass is 10.0. The van der Waals surface area contributed by atoms with Crippen LogP contribution in [0.25, 0.3) is 11.3 Å². The molecule has 0 spiro atoms. The second kappa shape index (κ2) is 9.42. The van der Waals surface area contributed by atoms with E-state index < -0.39 is 17.1 Å².